The van der Waals surface area contributed by atoms with Crippen molar-refractivity contribution in [2.75, 3.05) is 30.4 Å². The Balaban J connectivity index is 1.34. The summed E-state index contributed by atoms with van der Waals surface area (Å²) in [6, 6.07) is 10.5. The highest BCUT2D eigenvalue weighted by Crippen LogP contribution is 2.23. The molecule has 28 heavy (non-hydrogen) atoms. The highest BCUT2D eigenvalue weighted by molar-refractivity contribution is 5.94. The predicted molar refractivity (Wildman–Crippen MR) is 102 cm³/mol. The van der Waals surface area contributed by atoms with Gasteiger partial charge in [-0.25, -0.2) is 4.79 Å². The van der Waals surface area contributed by atoms with Crippen molar-refractivity contribution >= 4 is 29.0 Å². The van der Waals surface area contributed by atoms with E-state index in [0.29, 0.717) is 16.9 Å². The van der Waals surface area contributed by atoms with Gasteiger partial charge in [0.2, 0.25) is 5.91 Å². The minimum atomic E-state index is -0.400. The van der Waals surface area contributed by atoms with Gasteiger partial charge in [-0.15, -0.1) is 15.3 Å². The Labute approximate surface area is 161 Å². The average molecular weight is 380 g/mol. The van der Waals surface area contributed by atoms with Gasteiger partial charge < -0.3 is 15.0 Å². The zero-order chi connectivity index (χ0) is 19.5. The van der Waals surface area contributed by atoms with Gasteiger partial charge in [-0.3, -0.25) is 4.79 Å². The number of anilines is 2. The van der Waals surface area contributed by atoms with Crippen molar-refractivity contribution in [3.8, 4) is 0 Å². The van der Waals surface area contributed by atoms with E-state index in [2.05, 4.69) is 30.2 Å². The molecule has 1 aliphatic heterocycles. The van der Waals surface area contributed by atoms with Crippen molar-refractivity contribution in [3.05, 3.63) is 48.3 Å². The quantitative estimate of drug-likeness (QED) is 0.688. The number of aromatic nitrogens is 4. The summed E-state index contributed by atoms with van der Waals surface area (Å²) in [6.45, 7) is 1.50. The molecule has 0 atom stereocenters. The van der Waals surface area contributed by atoms with Crippen molar-refractivity contribution < 1.29 is 14.3 Å². The van der Waals surface area contributed by atoms with E-state index in [0.717, 1.165) is 31.7 Å². The Hall–Kier alpha value is -3.49. The number of hydrogen-bond donors (Lipinski definition) is 1. The molecule has 0 radical (unpaired) electrons. The third-order valence-corrected chi connectivity index (χ3v) is 4.91. The van der Waals surface area contributed by atoms with Crippen LogP contribution >= 0.6 is 0 Å². The third kappa shape index (κ3) is 3.64. The molecule has 9 nitrogen and oxygen atoms in total. The summed E-state index contributed by atoms with van der Waals surface area (Å²) in [6.07, 6.45) is 3.06. The smallest absolute Gasteiger partial charge is 0.337 e. The van der Waals surface area contributed by atoms with Crippen LogP contribution in [0.1, 0.15) is 23.2 Å². The molecule has 0 bridgehead atoms. The van der Waals surface area contributed by atoms with Gasteiger partial charge in [0.05, 0.1) is 12.7 Å². The maximum atomic E-state index is 12.6. The number of piperidine rings is 1. The van der Waals surface area contributed by atoms with Crippen molar-refractivity contribution in [1.29, 1.82) is 0 Å². The molecule has 1 aliphatic rings. The Kier molecular flexibility index (Phi) is 4.88. The number of ether oxygens (including phenoxy) is 1. The molecule has 0 spiro atoms. The van der Waals surface area contributed by atoms with Gasteiger partial charge in [-0.1, -0.05) is 0 Å². The lowest BCUT2D eigenvalue weighted by Gasteiger charge is -2.32. The van der Waals surface area contributed by atoms with Gasteiger partial charge in [0, 0.05) is 24.7 Å². The molecule has 2 aromatic heterocycles. The molecule has 1 aromatic carbocycles. The number of carbonyl (C=O) groups is 2. The first-order chi connectivity index (χ1) is 13.6. The highest BCUT2D eigenvalue weighted by Gasteiger charge is 2.26. The topological polar surface area (TPSA) is 102 Å². The highest BCUT2D eigenvalue weighted by atomic mass is 16.5. The van der Waals surface area contributed by atoms with Crippen molar-refractivity contribution in [3.63, 3.8) is 0 Å². The maximum Gasteiger partial charge on any atom is 0.337 e. The molecule has 0 saturated carbocycles. The number of fused-ring (bicyclic) bond motifs is 1. The summed E-state index contributed by atoms with van der Waals surface area (Å²) in [4.78, 5) is 26.2. The van der Waals surface area contributed by atoms with Crippen molar-refractivity contribution in [2.24, 2.45) is 5.92 Å². The normalized spacial score (nSPS) is 14.8. The molecule has 1 saturated heterocycles. The fourth-order valence-electron chi connectivity index (χ4n) is 3.31. The maximum absolute atomic E-state index is 12.6. The number of amides is 1. The van der Waals surface area contributed by atoms with Crippen molar-refractivity contribution in [2.45, 2.75) is 12.8 Å². The number of methoxy groups -OCH3 is 1. The molecular formula is C19H20N6O3. The molecule has 0 unspecified atom stereocenters. The molecule has 3 heterocycles. The standard InChI is InChI=1S/C19H20N6O3/c1-28-19(27)14-2-4-15(5-3-14)21-18(26)13-8-10-24(11-9-13)17-7-6-16-22-20-12-25(16)23-17/h2-7,12-13H,8-11H2,1H3,(H,21,26). The molecule has 1 fully saturated rings. The van der Waals surface area contributed by atoms with Crippen LogP contribution in [0.4, 0.5) is 11.5 Å². The lowest BCUT2D eigenvalue weighted by atomic mass is 9.95. The van der Waals surface area contributed by atoms with E-state index in [9.17, 15) is 9.59 Å². The lowest BCUT2D eigenvalue weighted by Crippen LogP contribution is -2.38. The van der Waals surface area contributed by atoms with Gasteiger partial charge in [-0.2, -0.15) is 4.52 Å². The number of carbonyl (C=O) groups excluding carboxylic acids is 2. The second-order valence-electron chi connectivity index (χ2n) is 6.64. The molecule has 1 N–H and O–H groups in total. The molecule has 0 aliphatic carbocycles. The Bertz CT molecular complexity index is 992. The third-order valence-electron chi connectivity index (χ3n) is 4.91. The molecule has 4 rings (SSSR count). The van der Waals surface area contributed by atoms with E-state index < -0.39 is 5.97 Å². The molecule has 9 heteroatoms. The summed E-state index contributed by atoms with van der Waals surface area (Å²) < 4.78 is 6.32. The number of hydrogen-bond acceptors (Lipinski definition) is 7. The zero-order valence-electron chi connectivity index (χ0n) is 15.4. The number of nitrogens with one attached hydrogen (secondary N) is 1. The second kappa shape index (κ2) is 7.63. The average Bonchev–Trinajstić information content (AvgIpc) is 3.21. The molecule has 1 amide bonds. The zero-order valence-corrected chi connectivity index (χ0v) is 15.4. The van der Waals surface area contributed by atoms with E-state index in [4.69, 9.17) is 0 Å². The van der Waals surface area contributed by atoms with Crippen LogP contribution in [0.3, 0.4) is 0 Å². The first kappa shape index (κ1) is 17.9. The van der Waals surface area contributed by atoms with Crippen LogP contribution in [-0.4, -0.2) is 51.9 Å². The summed E-state index contributed by atoms with van der Waals surface area (Å²) in [5.74, 6) is 0.385. The van der Waals surface area contributed by atoms with E-state index in [1.807, 2.05) is 12.1 Å². The van der Waals surface area contributed by atoms with Crippen LogP contribution in [0.2, 0.25) is 0 Å². The lowest BCUT2D eigenvalue weighted by molar-refractivity contribution is -0.120. The minimum Gasteiger partial charge on any atom is -0.465 e. The predicted octanol–water partition coefficient (Wildman–Crippen LogP) is 1.77. The van der Waals surface area contributed by atoms with Gasteiger partial charge >= 0.3 is 5.97 Å². The van der Waals surface area contributed by atoms with Crippen LogP contribution in [0.5, 0.6) is 0 Å². The van der Waals surface area contributed by atoms with Crippen LogP contribution in [0.15, 0.2) is 42.7 Å². The largest absolute Gasteiger partial charge is 0.465 e. The number of rotatable bonds is 4. The SMILES string of the molecule is COC(=O)c1ccc(NC(=O)C2CCN(c3ccc4nncn4n3)CC2)cc1. The van der Waals surface area contributed by atoms with Crippen LogP contribution in [0, 0.1) is 5.92 Å². The summed E-state index contributed by atoms with van der Waals surface area (Å²) in [5, 5.41) is 15.2. The monoisotopic (exact) mass is 380 g/mol. The summed E-state index contributed by atoms with van der Waals surface area (Å²) in [7, 11) is 1.34. The van der Waals surface area contributed by atoms with E-state index in [1.165, 1.54) is 7.11 Å². The first-order valence-electron chi connectivity index (χ1n) is 9.05. The summed E-state index contributed by atoms with van der Waals surface area (Å²) >= 11 is 0. The van der Waals surface area contributed by atoms with E-state index >= 15 is 0 Å². The number of benzene rings is 1. The van der Waals surface area contributed by atoms with E-state index in [-0.39, 0.29) is 11.8 Å². The number of nitrogens with zero attached hydrogens (tertiary/aromatic N) is 5. The Morgan fingerprint density at radius 3 is 2.57 bits per heavy atom. The fourth-order valence-corrected chi connectivity index (χ4v) is 3.31. The second-order valence-corrected chi connectivity index (χ2v) is 6.64. The van der Waals surface area contributed by atoms with Gasteiger partial charge in [-0.05, 0) is 49.2 Å². The number of esters is 1. The van der Waals surface area contributed by atoms with Crippen LogP contribution in [0.25, 0.3) is 5.65 Å². The Morgan fingerprint density at radius 1 is 1.11 bits per heavy atom. The fraction of sp³-hybridized carbons (Fsp3) is 0.316. The van der Waals surface area contributed by atoms with Gasteiger partial charge in [0.15, 0.2) is 5.65 Å². The van der Waals surface area contributed by atoms with Crippen LogP contribution in [-0.2, 0) is 9.53 Å². The van der Waals surface area contributed by atoms with Gasteiger partial charge in [0.1, 0.15) is 12.1 Å². The molecule has 144 valence electrons. The van der Waals surface area contributed by atoms with Crippen LogP contribution < -0.4 is 10.2 Å². The molecular weight excluding hydrogens is 360 g/mol. The van der Waals surface area contributed by atoms with E-state index in [1.54, 1.807) is 35.1 Å². The molecule has 3 aromatic rings. The Morgan fingerprint density at radius 2 is 1.86 bits per heavy atom. The van der Waals surface area contributed by atoms with Crippen molar-refractivity contribution in [1.82, 2.24) is 19.8 Å². The van der Waals surface area contributed by atoms with Gasteiger partial charge in [0.25, 0.3) is 0 Å². The summed E-state index contributed by atoms with van der Waals surface area (Å²) in [5.41, 5.74) is 1.82. The first-order valence-corrected chi connectivity index (χ1v) is 9.05. The minimum absolute atomic E-state index is 0.00677.